The van der Waals surface area contributed by atoms with E-state index in [1.165, 1.54) is 0 Å². The topological polar surface area (TPSA) is 58.1 Å². The molecule has 0 rings (SSSR count). The van der Waals surface area contributed by atoms with Crippen LogP contribution in [0, 0.1) is 0 Å². The lowest BCUT2D eigenvalue weighted by molar-refractivity contribution is 0.0690. The van der Waals surface area contributed by atoms with Gasteiger partial charge in [0.05, 0.1) is 13.2 Å². The Bertz CT molecular complexity index is 301. The summed E-state index contributed by atoms with van der Waals surface area (Å²) in [4.78, 5) is 7.11. The minimum atomic E-state index is 0.560. The fourth-order valence-corrected chi connectivity index (χ4v) is 2.51. The van der Waals surface area contributed by atoms with Crippen LogP contribution in [0.15, 0.2) is 4.99 Å². The SMILES string of the molecule is CCNC(=NCCCCOCCOC)NCCN(C(C)C)C(C)C. The number of hydrogen-bond donors (Lipinski definition) is 2. The lowest BCUT2D eigenvalue weighted by Crippen LogP contribution is -2.45. The van der Waals surface area contributed by atoms with E-state index >= 15 is 0 Å². The Morgan fingerprint density at radius 1 is 1.00 bits per heavy atom. The Balaban J connectivity index is 3.97. The van der Waals surface area contributed by atoms with Crippen LogP contribution >= 0.6 is 0 Å². The summed E-state index contributed by atoms with van der Waals surface area (Å²) in [6.07, 6.45) is 2.06. The highest BCUT2D eigenvalue weighted by molar-refractivity contribution is 5.79. The number of methoxy groups -OCH3 is 1. The minimum absolute atomic E-state index is 0.560. The molecule has 0 amide bonds. The first kappa shape index (κ1) is 23.1. The summed E-state index contributed by atoms with van der Waals surface area (Å²) in [7, 11) is 1.69. The van der Waals surface area contributed by atoms with Crippen molar-refractivity contribution in [2.75, 3.05) is 53.1 Å². The third-order valence-electron chi connectivity index (χ3n) is 3.73. The van der Waals surface area contributed by atoms with E-state index in [1.807, 2.05) is 0 Å². The molecule has 0 unspecified atom stereocenters. The summed E-state index contributed by atoms with van der Waals surface area (Å²) < 4.78 is 10.4. The average molecular weight is 345 g/mol. The van der Waals surface area contributed by atoms with Gasteiger partial charge in [0.15, 0.2) is 5.96 Å². The van der Waals surface area contributed by atoms with E-state index in [4.69, 9.17) is 9.47 Å². The number of rotatable bonds is 14. The van der Waals surface area contributed by atoms with Crippen molar-refractivity contribution < 1.29 is 9.47 Å². The van der Waals surface area contributed by atoms with Crippen molar-refractivity contribution in [1.82, 2.24) is 15.5 Å². The Kier molecular flexibility index (Phi) is 15.1. The summed E-state index contributed by atoms with van der Waals surface area (Å²) in [6.45, 7) is 16.8. The van der Waals surface area contributed by atoms with Crippen LogP contribution in [-0.2, 0) is 9.47 Å². The van der Waals surface area contributed by atoms with E-state index in [0.717, 1.165) is 51.6 Å². The Morgan fingerprint density at radius 3 is 2.29 bits per heavy atom. The molecule has 144 valence electrons. The van der Waals surface area contributed by atoms with Gasteiger partial charge < -0.3 is 20.1 Å². The second kappa shape index (κ2) is 15.7. The van der Waals surface area contributed by atoms with Crippen LogP contribution in [0.1, 0.15) is 47.5 Å². The molecule has 24 heavy (non-hydrogen) atoms. The molecule has 2 N–H and O–H groups in total. The van der Waals surface area contributed by atoms with Crippen molar-refractivity contribution in [3.8, 4) is 0 Å². The van der Waals surface area contributed by atoms with Crippen LogP contribution in [0.3, 0.4) is 0 Å². The van der Waals surface area contributed by atoms with Crippen molar-refractivity contribution in [2.24, 2.45) is 4.99 Å². The van der Waals surface area contributed by atoms with Crippen molar-refractivity contribution in [3.05, 3.63) is 0 Å². The number of ether oxygens (including phenoxy) is 2. The van der Waals surface area contributed by atoms with Gasteiger partial charge in [0.2, 0.25) is 0 Å². The number of unbranched alkanes of at least 4 members (excludes halogenated alkanes) is 1. The summed E-state index contributed by atoms with van der Waals surface area (Å²) in [5.74, 6) is 0.908. The van der Waals surface area contributed by atoms with E-state index in [-0.39, 0.29) is 0 Å². The highest BCUT2D eigenvalue weighted by atomic mass is 16.5. The van der Waals surface area contributed by atoms with Gasteiger partial charge in [-0.3, -0.25) is 9.89 Å². The predicted molar refractivity (Wildman–Crippen MR) is 103 cm³/mol. The molecule has 6 nitrogen and oxygen atoms in total. The zero-order chi connectivity index (χ0) is 18.2. The third-order valence-corrected chi connectivity index (χ3v) is 3.73. The van der Waals surface area contributed by atoms with Crippen LogP contribution in [-0.4, -0.2) is 76.1 Å². The number of nitrogens with one attached hydrogen (secondary N) is 2. The number of hydrogen-bond acceptors (Lipinski definition) is 4. The largest absolute Gasteiger partial charge is 0.382 e. The van der Waals surface area contributed by atoms with Crippen molar-refractivity contribution in [3.63, 3.8) is 0 Å². The van der Waals surface area contributed by atoms with Gasteiger partial charge in [0, 0.05) is 52.0 Å². The lowest BCUT2D eigenvalue weighted by atomic mass is 10.2. The van der Waals surface area contributed by atoms with Crippen molar-refractivity contribution in [1.29, 1.82) is 0 Å². The predicted octanol–water partition coefficient (Wildman–Crippen LogP) is 2.10. The number of guanidine groups is 1. The summed E-state index contributed by atoms with van der Waals surface area (Å²) in [5, 5.41) is 6.74. The molecule has 0 saturated heterocycles. The summed E-state index contributed by atoms with van der Waals surface area (Å²) in [6, 6.07) is 1.12. The maximum absolute atomic E-state index is 5.45. The molecule has 0 bridgehead atoms. The average Bonchev–Trinajstić information content (AvgIpc) is 2.53. The van der Waals surface area contributed by atoms with E-state index in [1.54, 1.807) is 7.11 Å². The maximum Gasteiger partial charge on any atom is 0.191 e. The first-order chi connectivity index (χ1) is 11.5. The summed E-state index contributed by atoms with van der Waals surface area (Å²) >= 11 is 0. The number of nitrogens with zero attached hydrogens (tertiary/aromatic N) is 2. The fourth-order valence-electron chi connectivity index (χ4n) is 2.51. The standard InChI is InChI=1S/C18H40N4O2/c1-7-19-18(20-10-8-9-13-24-15-14-23-6)21-11-12-22(16(2)3)17(4)5/h16-17H,7-15H2,1-6H3,(H2,19,20,21). The van der Waals surface area contributed by atoms with Gasteiger partial charge in [-0.05, 0) is 47.5 Å². The molecule has 0 aromatic rings. The number of aliphatic imine (C=N–C) groups is 1. The zero-order valence-corrected chi connectivity index (χ0v) is 16.7. The molecule has 0 aliphatic heterocycles. The van der Waals surface area contributed by atoms with E-state index < -0.39 is 0 Å². The zero-order valence-electron chi connectivity index (χ0n) is 16.7. The molecule has 0 radical (unpaired) electrons. The van der Waals surface area contributed by atoms with Crippen LogP contribution in [0.4, 0.5) is 0 Å². The normalized spacial score (nSPS) is 12.5. The smallest absolute Gasteiger partial charge is 0.191 e. The molecular formula is C18H40N4O2. The molecule has 0 aliphatic carbocycles. The second-order valence-electron chi connectivity index (χ2n) is 6.43. The molecule has 0 heterocycles. The van der Waals surface area contributed by atoms with Gasteiger partial charge in [-0.1, -0.05) is 0 Å². The molecule has 0 atom stereocenters. The van der Waals surface area contributed by atoms with E-state index in [0.29, 0.717) is 25.3 Å². The van der Waals surface area contributed by atoms with Gasteiger partial charge >= 0.3 is 0 Å². The lowest BCUT2D eigenvalue weighted by Gasteiger charge is -2.30. The van der Waals surface area contributed by atoms with Gasteiger partial charge in [-0.15, -0.1) is 0 Å². The first-order valence-electron chi connectivity index (χ1n) is 9.37. The molecule has 0 fully saturated rings. The summed E-state index contributed by atoms with van der Waals surface area (Å²) in [5.41, 5.74) is 0. The Morgan fingerprint density at radius 2 is 1.71 bits per heavy atom. The molecule has 0 spiro atoms. The molecule has 0 aromatic heterocycles. The monoisotopic (exact) mass is 344 g/mol. The van der Waals surface area contributed by atoms with Crippen molar-refractivity contribution in [2.45, 2.75) is 59.5 Å². The highest BCUT2D eigenvalue weighted by Crippen LogP contribution is 2.03. The van der Waals surface area contributed by atoms with Crippen LogP contribution in [0.5, 0.6) is 0 Å². The maximum atomic E-state index is 5.45. The fraction of sp³-hybridized carbons (Fsp3) is 0.944. The molecular weight excluding hydrogens is 304 g/mol. The van der Waals surface area contributed by atoms with Gasteiger partial charge in [0.1, 0.15) is 0 Å². The van der Waals surface area contributed by atoms with Crippen molar-refractivity contribution >= 4 is 5.96 Å². The van der Waals surface area contributed by atoms with Crippen LogP contribution in [0.2, 0.25) is 0 Å². The van der Waals surface area contributed by atoms with Crippen LogP contribution in [0.25, 0.3) is 0 Å². The third kappa shape index (κ3) is 12.6. The van der Waals surface area contributed by atoms with Gasteiger partial charge in [0.25, 0.3) is 0 Å². The van der Waals surface area contributed by atoms with Gasteiger partial charge in [-0.25, -0.2) is 0 Å². The molecule has 6 heteroatoms. The highest BCUT2D eigenvalue weighted by Gasteiger charge is 2.12. The minimum Gasteiger partial charge on any atom is -0.382 e. The van der Waals surface area contributed by atoms with E-state index in [2.05, 4.69) is 55.1 Å². The van der Waals surface area contributed by atoms with E-state index in [9.17, 15) is 0 Å². The first-order valence-corrected chi connectivity index (χ1v) is 9.37. The van der Waals surface area contributed by atoms with Gasteiger partial charge in [-0.2, -0.15) is 0 Å². The Hall–Kier alpha value is -0.850. The molecule has 0 aromatic carbocycles. The molecule has 0 aliphatic rings. The Labute approximate surface area is 149 Å². The molecule has 0 saturated carbocycles. The quantitative estimate of drug-likeness (QED) is 0.287. The van der Waals surface area contributed by atoms with Crippen LogP contribution < -0.4 is 10.6 Å². The second-order valence-corrected chi connectivity index (χ2v) is 6.43.